The van der Waals surface area contributed by atoms with Crippen molar-refractivity contribution in [3.8, 4) is 0 Å². The summed E-state index contributed by atoms with van der Waals surface area (Å²) in [6.07, 6.45) is 0. The molecule has 1 rings (SSSR count). The van der Waals surface area contributed by atoms with E-state index in [-0.39, 0.29) is 5.82 Å². The predicted molar refractivity (Wildman–Crippen MR) is 76.5 cm³/mol. The van der Waals surface area contributed by atoms with E-state index in [1.807, 2.05) is 6.07 Å². The summed E-state index contributed by atoms with van der Waals surface area (Å²) in [5.41, 5.74) is 2.13. The van der Waals surface area contributed by atoms with Gasteiger partial charge in [0.15, 0.2) is 0 Å². The van der Waals surface area contributed by atoms with Crippen LogP contribution in [0.4, 0.5) is 10.1 Å². The zero-order valence-electron chi connectivity index (χ0n) is 12.1. The van der Waals surface area contributed by atoms with E-state index in [4.69, 9.17) is 0 Å². The maximum absolute atomic E-state index is 13.4. The van der Waals surface area contributed by atoms with E-state index in [0.29, 0.717) is 18.5 Å². The van der Waals surface area contributed by atoms with Crippen LogP contribution in [0.25, 0.3) is 0 Å². The Labute approximate surface area is 110 Å². The fourth-order valence-corrected chi connectivity index (χ4v) is 2.03. The smallest absolute Gasteiger partial charge is 0.123 e. The third-order valence-electron chi connectivity index (χ3n) is 2.79. The van der Waals surface area contributed by atoms with E-state index in [9.17, 15) is 4.39 Å². The molecule has 0 aliphatic rings. The molecule has 0 bridgehead atoms. The molecule has 0 atom stereocenters. The Kier molecular flexibility index (Phi) is 5.60. The summed E-state index contributed by atoms with van der Waals surface area (Å²) in [7, 11) is 2.06. The lowest BCUT2D eigenvalue weighted by Crippen LogP contribution is -2.27. The highest BCUT2D eigenvalue weighted by Gasteiger charge is 2.10. The van der Waals surface area contributed by atoms with E-state index >= 15 is 0 Å². The summed E-state index contributed by atoms with van der Waals surface area (Å²) >= 11 is 0. The first-order valence-electron chi connectivity index (χ1n) is 6.63. The van der Waals surface area contributed by atoms with Gasteiger partial charge in [-0.25, -0.2) is 4.39 Å². The second-order valence-electron chi connectivity index (χ2n) is 5.58. The maximum atomic E-state index is 13.4. The highest BCUT2D eigenvalue weighted by atomic mass is 19.1. The topological polar surface area (TPSA) is 15.3 Å². The summed E-state index contributed by atoms with van der Waals surface area (Å²) in [6, 6.07) is 5.43. The van der Waals surface area contributed by atoms with E-state index in [1.165, 1.54) is 6.07 Å². The van der Waals surface area contributed by atoms with Gasteiger partial charge in [0.1, 0.15) is 5.82 Å². The summed E-state index contributed by atoms with van der Waals surface area (Å²) in [6.45, 7) is 10.2. The number of anilines is 1. The first kappa shape index (κ1) is 15.0. The Morgan fingerprint density at radius 1 is 1.22 bits per heavy atom. The molecule has 102 valence electrons. The van der Waals surface area contributed by atoms with E-state index in [2.05, 4.69) is 45.0 Å². The largest absolute Gasteiger partial charge is 0.374 e. The van der Waals surface area contributed by atoms with Crippen LogP contribution in [0.1, 0.15) is 33.3 Å². The van der Waals surface area contributed by atoms with Gasteiger partial charge in [0.2, 0.25) is 0 Å². The lowest BCUT2D eigenvalue weighted by atomic mass is 10.1. The molecule has 18 heavy (non-hydrogen) atoms. The van der Waals surface area contributed by atoms with Gasteiger partial charge in [0.25, 0.3) is 0 Å². The molecule has 0 aliphatic heterocycles. The Balaban J connectivity index is 2.88. The molecule has 1 N–H and O–H groups in total. The van der Waals surface area contributed by atoms with Gasteiger partial charge in [-0.3, -0.25) is 0 Å². The fraction of sp³-hybridized carbons (Fsp3) is 0.600. The van der Waals surface area contributed by atoms with Gasteiger partial charge in [0, 0.05) is 31.9 Å². The molecule has 0 amide bonds. The highest BCUT2D eigenvalue weighted by Crippen LogP contribution is 2.21. The molecular weight excluding hydrogens is 227 g/mol. The average molecular weight is 252 g/mol. The fourth-order valence-electron chi connectivity index (χ4n) is 2.03. The van der Waals surface area contributed by atoms with Crippen LogP contribution in [0.15, 0.2) is 18.2 Å². The molecular formula is C15H25FN2. The Hall–Kier alpha value is -1.09. The average Bonchev–Trinajstić information content (AvgIpc) is 2.25. The van der Waals surface area contributed by atoms with Crippen LogP contribution < -0.4 is 10.2 Å². The molecule has 0 saturated heterocycles. The van der Waals surface area contributed by atoms with Crippen molar-refractivity contribution in [2.45, 2.75) is 40.3 Å². The van der Waals surface area contributed by atoms with Crippen molar-refractivity contribution in [3.63, 3.8) is 0 Å². The number of halogens is 1. The van der Waals surface area contributed by atoms with Crippen molar-refractivity contribution in [1.82, 2.24) is 5.32 Å². The molecule has 0 aromatic heterocycles. The second kappa shape index (κ2) is 6.74. The molecule has 1 aromatic rings. The quantitative estimate of drug-likeness (QED) is 0.834. The summed E-state index contributed by atoms with van der Waals surface area (Å²) in [4.78, 5) is 2.20. The molecule has 2 nitrogen and oxygen atoms in total. The molecule has 0 radical (unpaired) electrons. The normalized spacial score (nSPS) is 11.3. The second-order valence-corrected chi connectivity index (χ2v) is 5.58. The Morgan fingerprint density at radius 2 is 1.89 bits per heavy atom. The molecule has 1 aromatic carbocycles. The van der Waals surface area contributed by atoms with Crippen molar-refractivity contribution in [3.05, 3.63) is 29.6 Å². The summed E-state index contributed by atoms with van der Waals surface area (Å²) < 4.78 is 13.4. The van der Waals surface area contributed by atoms with E-state index in [1.54, 1.807) is 6.07 Å². The first-order valence-corrected chi connectivity index (χ1v) is 6.63. The Bertz CT molecular complexity index is 375. The van der Waals surface area contributed by atoms with Crippen LogP contribution in [0.3, 0.4) is 0 Å². The number of hydrogen-bond acceptors (Lipinski definition) is 2. The monoisotopic (exact) mass is 252 g/mol. The number of rotatable bonds is 6. The van der Waals surface area contributed by atoms with E-state index in [0.717, 1.165) is 17.8 Å². The molecule has 0 saturated carbocycles. The minimum absolute atomic E-state index is 0.169. The van der Waals surface area contributed by atoms with Gasteiger partial charge in [-0.2, -0.15) is 0 Å². The van der Waals surface area contributed by atoms with Crippen LogP contribution >= 0.6 is 0 Å². The lowest BCUT2D eigenvalue weighted by molar-refractivity contribution is 0.578. The Morgan fingerprint density at radius 3 is 2.44 bits per heavy atom. The number of nitrogens with one attached hydrogen (secondary N) is 1. The molecule has 0 fully saturated rings. The van der Waals surface area contributed by atoms with Gasteiger partial charge < -0.3 is 10.2 Å². The van der Waals surface area contributed by atoms with Crippen LogP contribution in [-0.4, -0.2) is 19.6 Å². The van der Waals surface area contributed by atoms with Crippen molar-refractivity contribution >= 4 is 5.69 Å². The summed E-state index contributed by atoms with van der Waals surface area (Å²) in [5, 5.41) is 3.34. The third-order valence-corrected chi connectivity index (χ3v) is 2.79. The van der Waals surface area contributed by atoms with Crippen LogP contribution in [0.5, 0.6) is 0 Å². The molecule has 0 spiro atoms. The van der Waals surface area contributed by atoms with E-state index < -0.39 is 0 Å². The third kappa shape index (κ3) is 4.65. The zero-order valence-corrected chi connectivity index (χ0v) is 12.1. The summed E-state index contributed by atoms with van der Waals surface area (Å²) in [5.74, 6) is 0.420. The van der Waals surface area contributed by atoms with Gasteiger partial charge in [0.05, 0.1) is 0 Å². The van der Waals surface area contributed by atoms with Gasteiger partial charge in [-0.1, -0.05) is 27.7 Å². The number of hydrogen-bond donors (Lipinski definition) is 1. The molecule has 3 heteroatoms. The first-order chi connectivity index (χ1) is 8.40. The zero-order chi connectivity index (χ0) is 13.7. The molecule has 0 unspecified atom stereocenters. The van der Waals surface area contributed by atoms with Gasteiger partial charge in [-0.05, 0) is 29.7 Å². The number of nitrogens with zero attached hydrogens (tertiary/aromatic N) is 1. The van der Waals surface area contributed by atoms with Crippen molar-refractivity contribution in [1.29, 1.82) is 0 Å². The highest BCUT2D eigenvalue weighted by molar-refractivity contribution is 5.53. The van der Waals surface area contributed by atoms with Crippen LogP contribution in [0, 0.1) is 11.7 Å². The minimum atomic E-state index is -0.169. The van der Waals surface area contributed by atoms with Crippen LogP contribution in [-0.2, 0) is 6.54 Å². The van der Waals surface area contributed by atoms with Gasteiger partial charge >= 0.3 is 0 Å². The maximum Gasteiger partial charge on any atom is 0.123 e. The lowest BCUT2D eigenvalue weighted by Gasteiger charge is -2.25. The van der Waals surface area contributed by atoms with Gasteiger partial charge in [-0.15, -0.1) is 0 Å². The van der Waals surface area contributed by atoms with Crippen molar-refractivity contribution in [2.24, 2.45) is 5.92 Å². The standard InChI is InChI=1S/C15H25FN2/c1-11(2)10-18(5)15-7-6-14(16)8-13(15)9-17-12(3)4/h6-8,11-12,17H,9-10H2,1-5H3. The SMILES string of the molecule is CC(C)CN(C)c1ccc(F)cc1CNC(C)C. The predicted octanol–water partition coefficient (Wildman–Crippen LogP) is 3.42. The van der Waals surface area contributed by atoms with Crippen molar-refractivity contribution in [2.75, 3.05) is 18.5 Å². The van der Waals surface area contributed by atoms with Crippen molar-refractivity contribution < 1.29 is 4.39 Å². The number of benzene rings is 1. The molecule has 0 heterocycles. The minimum Gasteiger partial charge on any atom is -0.374 e. The molecule has 0 aliphatic carbocycles. The van der Waals surface area contributed by atoms with Crippen LogP contribution in [0.2, 0.25) is 0 Å².